The molecule has 0 aromatic carbocycles. The molecule has 6 heteroatoms. The Morgan fingerprint density at radius 1 is 1.60 bits per heavy atom. The van der Waals surface area contributed by atoms with Gasteiger partial charge in [-0.15, -0.1) is 0 Å². The first-order valence-corrected chi connectivity index (χ1v) is 3.50. The summed E-state index contributed by atoms with van der Waals surface area (Å²) in [6.45, 7) is -0.0694. The van der Waals surface area contributed by atoms with E-state index in [1.54, 1.807) is 0 Å². The van der Waals surface area contributed by atoms with E-state index in [0.717, 1.165) is 4.90 Å². The molecule has 0 aliphatic rings. The molecule has 0 bridgehead atoms. The number of halogens is 3. The predicted octanol–water partition coefficient (Wildman–Crippen LogP) is 1.69. The molecule has 2 amide bonds. The molecule has 59 valence electrons. The van der Waals surface area contributed by atoms with Gasteiger partial charge < -0.3 is 4.90 Å². The van der Waals surface area contributed by atoms with Crippen molar-refractivity contribution in [2.75, 3.05) is 13.6 Å². The fraction of sp³-hybridized carbons (Fsp3) is 0.750. The SMILES string of the molecule is CN(CC(Cl)(Cl)Cl)C([NH])=O. The van der Waals surface area contributed by atoms with Gasteiger partial charge in [-0.2, -0.15) is 0 Å². The first kappa shape index (κ1) is 10.1. The fourth-order valence-corrected chi connectivity index (χ4v) is 0.879. The Kier molecular flexibility index (Phi) is 3.56. The Hall–Kier alpha value is 0.140. The molecule has 3 nitrogen and oxygen atoms in total. The van der Waals surface area contributed by atoms with E-state index in [-0.39, 0.29) is 6.54 Å². The number of urea groups is 1. The Balaban J connectivity index is 3.80. The number of nitrogens with zero attached hydrogens (tertiary/aromatic N) is 1. The van der Waals surface area contributed by atoms with Crippen molar-refractivity contribution in [3.05, 3.63) is 0 Å². The van der Waals surface area contributed by atoms with E-state index in [2.05, 4.69) is 0 Å². The number of hydrogen-bond donors (Lipinski definition) is 0. The highest BCUT2D eigenvalue weighted by atomic mass is 35.6. The molecular formula is C4H6Cl3N2O. The molecule has 0 aliphatic heterocycles. The molecule has 0 heterocycles. The highest BCUT2D eigenvalue weighted by Gasteiger charge is 2.23. The van der Waals surface area contributed by atoms with E-state index in [1.807, 2.05) is 0 Å². The minimum absolute atomic E-state index is 0.0694. The topological polar surface area (TPSA) is 44.1 Å². The summed E-state index contributed by atoms with van der Waals surface area (Å²) >= 11 is 16.0. The van der Waals surface area contributed by atoms with Crippen LogP contribution < -0.4 is 5.73 Å². The standard InChI is InChI=1S/C4H6Cl3N2O/c1-9(3(8)10)2-4(5,6)7/h8H,2H2,1H3. The summed E-state index contributed by atoms with van der Waals surface area (Å²) in [5.74, 6) is 0. The number of rotatable bonds is 1. The van der Waals surface area contributed by atoms with Gasteiger partial charge in [0.05, 0.1) is 6.54 Å². The fourth-order valence-electron chi connectivity index (χ4n) is 0.341. The zero-order chi connectivity index (χ0) is 8.36. The van der Waals surface area contributed by atoms with Crippen molar-refractivity contribution in [2.24, 2.45) is 0 Å². The van der Waals surface area contributed by atoms with Crippen LogP contribution in [0.5, 0.6) is 0 Å². The largest absolute Gasteiger partial charge is 0.336 e. The van der Waals surface area contributed by atoms with Gasteiger partial charge >= 0.3 is 6.03 Å². The lowest BCUT2D eigenvalue weighted by molar-refractivity contribution is 0.218. The van der Waals surface area contributed by atoms with E-state index >= 15 is 0 Å². The molecule has 10 heavy (non-hydrogen) atoms. The van der Waals surface area contributed by atoms with Crippen LogP contribution in [-0.2, 0) is 0 Å². The first-order chi connectivity index (χ1) is 4.33. The van der Waals surface area contributed by atoms with Crippen molar-refractivity contribution >= 4 is 40.8 Å². The van der Waals surface area contributed by atoms with E-state index in [0.29, 0.717) is 0 Å². The number of amides is 2. The molecule has 0 atom stereocenters. The Morgan fingerprint density at radius 3 is 2.10 bits per heavy atom. The lowest BCUT2D eigenvalue weighted by Gasteiger charge is -2.18. The van der Waals surface area contributed by atoms with Gasteiger partial charge in [-0.05, 0) is 0 Å². The number of hydrogen-bond acceptors (Lipinski definition) is 1. The summed E-state index contributed by atoms with van der Waals surface area (Å²) in [7, 11) is 1.39. The molecule has 0 fully saturated rings. The molecule has 0 aliphatic carbocycles. The minimum atomic E-state index is -1.49. The summed E-state index contributed by atoms with van der Waals surface area (Å²) in [5, 5.41) is 0. The van der Waals surface area contributed by atoms with Crippen molar-refractivity contribution in [3.63, 3.8) is 0 Å². The second-order valence-electron chi connectivity index (χ2n) is 1.78. The van der Waals surface area contributed by atoms with E-state index in [9.17, 15) is 4.79 Å². The van der Waals surface area contributed by atoms with Gasteiger partial charge in [0.25, 0.3) is 0 Å². The average molecular weight is 204 g/mol. The number of carbonyl (C=O) groups is 1. The Labute approximate surface area is 74.0 Å². The van der Waals surface area contributed by atoms with Crippen LogP contribution in [0.25, 0.3) is 0 Å². The van der Waals surface area contributed by atoms with Gasteiger partial charge in [-0.3, -0.25) is 0 Å². The molecule has 0 saturated carbocycles. The van der Waals surface area contributed by atoms with Crippen LogP contribution in [-0.4, -0.2) is 28.3 Å². The van der Waals surface area contributed by atoms with Crippen LogP contribution in [0, 0.1) is 0 Å². The third-order valence-corrected chi connectivity index (χ3v) is 1.12. The van der Waals surface area contributed by atoms with Crippen molar-refractivity contribution in [1.82, 2.24) is 10.6 Å². The molecule has 0 unspecified atom stereocenters. The van der Waals surface area contributed by atoms with Crippen LogP contribution in [0.2, 0.25) is 0 Å². The van der Waals surface area contributed by atoms with Gasteiger partial charge in [0.2, 0.25) is 3.79 Å². The third kappa shape index (κ3) is 4.97. The summed E-state index contributed by atoms with van der Waals surface area (Å²) in [5.41, 5.74) is 6.57. The van der Waals surface area contributed by atoms with Gasteiger partial charge in [0.1, 0.15) is 0 Å². The molecule has 0 saturated heterocycles. The van der Waals surface area contributed by atoms with Gasteiger partial charge in [0, 0.05) is 7.05 Å². The Morgan fingerprint density at radius 2 is 2.00 bits per heavy atom. The van der Waals surface area contributed by atoms with Crippen LogP contribution in [0.3, 0.4) is 0 Å². The maximum absolute atomic E-state index is 10.2. The molecule has 0 aromatic rings. The van der Waals surface area contributed by atoms with Crippen LogP contribution in [0.15, 0.2) is 0 Å². The van der Waals surface area contributed by atoms with E-state index in [4.69, 9.17) is 40.5 Å². The second-order valence-corrected chi connectivity index (χ2v) is 4.29. The molecule has 1 radical (unpaired) electrons. The van der Waals surface area contributed by atoms with Gasteiger partial charge in [-0.1, -0.05) is 34.8 Å². The van der Waals surface area contributed by atoms with Gasteiger partial charge in [-0.25, -0.2) is 10.5 Å². The van der Waals surface area contributed by atoms with Crippen molar-refractivity contribution < 1.29 is 4.79 Å². The molecule has 0 aromatic heterocycles. The second kappa shape index (κ2) is 3.51. The third-order valence-electron chi connectivity index (χ3n) is 0.763. The predicted molar refractivity (Wildman–Crippen MR) is 41.4 cm³/mol. The number of nitrogens with one attached hydrogen (secondary N) is 1. The van der Waals surface area contributed by atoms with Crippen LogP contribution in [0.1, 0.15) is 0 Å². The number of alkyl halides is 3. The molecule has 0 spiro atoms. The lowest BCUT2D eigenvalue weighted by atomic mass is 10.6. The zero-order valence-electron chi connectivity index (χ0n) is 5.20. The maximum atomic E-state index is 10.2. The van der Waals surface area contributed by atoms with Gasteiger partial charge in [0.15, 0.2) is 0 Å². The number of carbonyl (C=O) groups excluding carboxylic acids is 1. The highest BCUT2D eigenvalue weighted by Crippen LogP contribution is 2.26. The summed E-state index contributed by atoms with van der Waals surface area (Å²) in [4.78, 5) is 11.2. The smallest absolute Gasteiger partial charge is 0.322 e. The first-order valence-electron chi connectivity index (χ1n) is 2.36. The molecule has 0 rings (SSSR count). The van der Waals surface area contributed by atoms with Crippen molar-refractivity contribution in [2.45, 2.75) is 3.79 Å². The zero-order valence-corrected chi connectivity index (χ0v) is 7.46. The summed E-state index contributed by atoms with van der Waals surface area (Å²) in [6.07, 6.45) is 0. The van der Waals surface area contributed by atoms with Crippen molar-refractivity contribution in [3.8, 4) is 0 Å². The quantitative estimate of drug-likeness (QED) is 0.600. The lowest BCUT2D eigenvalue weighted by Crippen LogP contribution is -2.33. The minimum Gasteiger partial charge on any atom is -0.322 e. The Bertz CT molecular complexity index is 133. The molecule has 1 N–H and O–H groups in total. The van der Waals surface area contributed by atoms with E-state index in [1.165, 1.54) is 7.05 Å². The van der Waals surface area contributed by atoms with Crippen LogP contribution >= 0.6 is 34.8 Å². The summed E-state index contributed by atoms with van der Waals surface area (Å²) in [6, 6.07) is -0.869. The average Bonchev–Trinajstić information content (AvgIpc) is 1.60. The summed E-state index contributed by atoms with van der Waals surface area (Å²) < 4.78 is -1.49. The molecular weight excluding hydrogens is 198 g/mol. The van der Waals surface area contributed by atoms with Crippen molar-refractivity contribution in [1.29, 1.82) is 0 Å². The maximum Gasteiger partial charge on any atom is 0.336 e. The van der Waals surface area contributed by atoms with Crippen LogP contribution in [0.4, 0.5) is 4.79 Å². The highest BCUT2D eigenvalue weighted by molar-refractivity contribution is 6.67. The monoisotopic (exact) mass is 203 g/mol. The normalized spacial score (nSPS) is 11.2. The van der Waals surface area contributed by atoms with E-state index < -0.39 is 9.82 Å².